The van der Waals surface area contributed by atoms with Crippen LogP contribution in [0.15, 0.2) is 47.2 Å². The zero-order chi connectivity index (χ0) is 13.8. The second kappa shape index (κ2) is 6.40. The molecule has 1 aromatic heterocycles. The summed E-state index contributed by atoms with van der Waals surface area (Å²) < 4.78 is 6.25. The van der Waals surface area contributed by atoms with Gasteiger partial charge in [0.1, 0.15) is 5.75 Å². The minimum Gasteiger partial charge on any atom is -0.497 e. The zero-order valence-corrected chi connectivity index (χ0v) is 13.1. The van der Waals surface area contributed by atoms with Gasteiger partial charge in [-0.15, -0.1) is 11.6 Å². The molecule has 2 rings (SSSR count). The van der Waals surface area contributed by atoms with E-state index in [1.807, 2.05) is 30.3 Å². The molecule has 19 heavy (non-hydrogen) atoms. The van der Waals surface area contributed by atoms with Crippen molar-refractivity contribution >= 4 is 27.5 Å². The van der Waals surface area contributed by atoms with Crippen LogP contribution in [0.5, 0.6) is 5.75 Å². The van der Waals surface area contributed by atoms with Crippen LogP contribution in [0.2, 0.25) is 0 Å². The van der Waals surface area contributed by atoms with Crippen LogP contribution in [0.4, 0.5) is 0 Å². The highest BCUT2D eigenvalue weighted by molar-refractivity contribution is 9.10. The fourth-order valence-electron chi connectivity index (χ4n) is 1.97. The number of hydrogen-bond donors (Lipinski definition) is 0. The summed E-state index contributed by atoms with van der Waals surface area (Å²) in [5.74, 6) is 0.999. The highest BCUT2D eigenvalue weighted by Crippen LogP contribution is 2.40. The zero-order valence-electron chi connectivity index (χ0n) is 10.8. The number of methoxy groups -OCH3 is 1. The van der Waals surface area contributed by atoms with Gasteiger partial charge >= 0.3 is 0 Å². The van der Waals surface area contributed by atoms with Crippen LogP contribution in [0.1, 0.15) is 29.3 Å². The fraction of sp³-hybridized carbons (Fsp3) is 0.267. The van der Waals surface area contributed by atoms with Crippen LogP contribution in [0.3, 0.4) is 0 Å². The Morgan fingerprint density at radius 3 is 2.53 bits per heavy atom. The van der Waals surface area contributed by atoms with Gasteiger partial charge in [0.15, 0.2) is 0 Å². The topological polar surface area (TPSA) is 22.1 Å². The summed E-state index contributed by atoms with van der Waals surface area (Å²) in [6, 6.07) is 9.83. The molecule has 0 fully saturated rings. The molecule has 1 aromatic carbocycles. The van der Waals surface area contributed by atoms with Crippen molar-refractivity contribution in [3.8, 4) is 5.75 Å². The number of aromatic nitrogens is 1. The predicted molar refractivity (Wildman–Crippen MR) is 81.9 cm³/mol. The number of hydrogen-bond acceptors (Lipinski definition) is 2. The SMILES string of the molecule is COc1ccc(Br)c(C(Cl)C(C)c2ccncc2)c1. The van der Waals surface area contributed by atoms with Crippen LogP contribution in [-0.2, 0) is 0 Å². The molecule has 0 aliphatic heterocycles. The van der Waals surface area contributed by atoms with Crippen LogP contribution in [-0.4, -0.2) is 12.1 Å². The van der Waals surface area contributed by atoms with Gasteiger partial charge < -0.3 is 4.74 Å². The van der Waals surface area contributed by atoms with Crippen molar-refractivity contribution < 1.29 is 4.74 Å². The summed E-state index contributed by atoms with van der Waals surface area (Å²) in [6.07, 6.45) is 3.58. The van der Waals surface area contributed by atoms with Gasteiger partial charge in [-0.25, -0.2) is 0 Å². The van der Waals surface area contributed by atoms with Crippen LogP contribution in [0, 0.1) is 0 Å². The molecule has 2 unspecified atom stereocenters. The summed E-state index contributed by atoms with van der Waals surface area (Å²) >= 11 is 10.2. The van der Waals surface area contributed by atoms with Crippen molar-refractivity contribution in [2.24, 2.45) is 0 Å². The molecule has 4 heteroatoms. The van der Waals surface area contributed by atoms with Crippen molar-refractivity contribution in [3.05, 3.63) is 58.3 Å². The Labute approximate surface area is 126 Å². The Morgan fingerprint density at radius 1 is 1.21 bits per heavy atom. The Morgan fingerprint density at radius 2 is 1.89 bits per heavy atom. The molecule has 0 saturated carbocycles. The molecule has 0 aliphatic rings. The number of rotatable bonds is 4. The molecule has 0 radical (unpaired) electrons. The summed E-state index contributed by atoms with van der Waals surface area (Å²) in [5.41, 5.74) is 2.20. The Bertz CT molecular complexity index is 547. The van der Waals surface area contributed by atoms with Crippen molar-refractivity contribution in [1.29, 1.82) is 0 Å². The number of nitrogens with zero attached hydrogens (tertiary/aromatic N) is 1. The summed E-state index contributed by atoms with van der Waals surface area (Å²) in [4.78, 5) is 4.03. The van der Waals surface area contributed by atoms with Gasteiger partial charge in [0, 0.05) is 22.8 Å². The van der Waals surface area contributed by atoms with Gasteiger partial charge in [-0.2, -0.15) is 0 Å². The second-order valence-corrected chi connectivity index (χ2v) is 5.68. The van der Waals surface area contributed by atoms with Crippen molar-refractivity contribution in [1.82, 2.24) is 4.98 Å². The quantitative estimate of drug-likeness (QED) is 0.736. The molecular weight excluding hydrogens is 326 g/mol. The summed E-state index contributed by atoms with van der Waals surface area (Å²) in [7, 11) is 1.66. The first-order chi connectivity index (χ1) is 9.13. The van der Waals surface area contributed by atoms with E-state index in [2.05, 4.69) is 27.8 Å². The molecule has 0 spiro atoms. The van der Waals surface area contributed by atoms with E-state index >= 15 is 0 Å². The third-order valence-electron chi connectivity index (χ3n) is 3.17. The lowest BCUT2D eigenvalue weighted by Crippen LogP contribution is -2.04. The Hall–Kier alpha value is -1.06. The van der Waals surface area contributed by atoms with Crippen LogP contribution >= 0.6 is 27.5 Å². The normalized spacial score (nSPS) is 13.9. The number of pyridine rings is 1. The molecule has 0 N–H and O–H groups in total. The number of benzene rings is 1. The fourth-order valence-corrected chi connectivity index (χ4v) is 2.92. The molecule has 0 amide bonds. The molecular formula is C15H15BrClNO. The van der Waals surface area contributed by atoms with Gasteiger partial charge in [-0.1, -0.05) is 22.9 Å². The molecule has 0 saturated heterocycles. The van der Waals surface area contributed by atoms with E-state index in [1.165, 1.54) is 5.56 Å². The molecule has 100 valence electrons. The average molecular weight is 341 g/mol. The van der Waals surface area contributed by atoms with Gasteiger partial charge in [-0.05, 0) is 41.5 Å². The third-order valence-corrected chi connectivity index (χ3v) is 4.51. The predicted octanol–water partition coefficient (Wildman–Crippen LogP) is 4.94. The monoisotopic (exact) mass is 339 g/mol. The molecule has 2 aromatic rings. The molecule has 2 nitrogen and oxygen atoms in total. The summed E-state index contributed by atoms with van der Waals surface area (Å²) in [5, 5.41) is -0.133. The Kier molecular flexibility index (Phi) is 4.83. The van der Waals surface area contributed by atoms with E-state index in [-0.39, 0.29) is 11.3 Å². The standard InChI is InChI=1S/C15H15BrClNO/c1-10(11-5-7-18-8-6-11)15(17)13-9-12(19-2)3-4-14(13)16/h3-10,15H,1-2H3. The lowest BCUT2D eigenvalue weighted by molar-refractivity contribution is 0.414. The minimum absolute atomic E-state index is 0.133. The first-order valence-corrected chi connectivity index (χ1v) is 7.24. The number of alkyl halides is 1. The minimum atomic E-state index is -0.133. The van der Waals surface area contributed by atoms with E-state index in [0.29, 0.717) is 0 Å². The maximum atomic E-state index is 6.62. The van der Waals surface area contributed by atoms with E-state index in [1.54, 1.807) is 19.5 Å². The molecule has 1 heterocycles. The van der Waals surface area contributed by atoms with E-state index < -0.39 is 0 Å². The third kappa shape index (κ3) is 3.28. The van der Waals surface area contributed by atoms with Gasteiger partial charge in [0.05, 0.1) is 12.5 Å². The lowest BCUT2D eigenvalue weighted by Gasteiger charge is -2.20. The van der Waals surface area contributed by atoms with E-state index in [0.717, 1.165) is 15.8 Å². The maximum absolute atomic E-state index is 6.62. The highest BCUT2D eigenvalue weighted by Gasteiger charge is 2.21. The smallest absolute Gasteiger partial charge is 0.119 e. The largest absolute Gasteiger partial charge is 0.497 e. The molecule has 2 atom stereocenters. The molecule has 0 aliphatic carbocycles. The number of halogens is 2. The van der Waals surface area contributed by atoms with Gasteiger partial charge in [-0.3, -0.25) is 4.98 Å². The molecule has 0 bridgehead atoms. The second-order valence-electron chi connectivity index (χ2n) is 4.36. The van der Waals surface area contributed by atoms with Crippen molar-refractivity contribution in [3.63, 3.8) is 0 Å². The van der Waals surface area contributed by atoms with E-state index in [9.17, 15) is 0 Å². The highest BCUT2D eigenvalue weighted by atomic mass is 79.9. The van der Waals surface area contributed by atoms with Gasteiger partial charge in [0.2, 0.25) is 0 Å². The average Bonchev–Trinajstić information content (AvgIpc) is 2.47. The van der Waals surface area contributed by atoms with Crippen LogP contribution in [0.25, 0.3) is 0 Å². The van der Waals surface area contributed by atoms with Crippen molar-refractivity contribution in [2.75, 3.05) is 7.11 Å². The van der Waals surface area contributed by atoms with E-state index in [4.69, 9.17) is 16.3 Å². The van der Waals surface area contributed by atoms with Gasteiger partial charge in [0.25, 0.3) is 0 Å². The Balaban J connectivity index is 2.31. The van der Waals surface area contributed by atoms with Crippen molar-refractivity contribution in [2.45, 2.75) is 18.2 Å². The number of ether oxygens (including phenoxy) is 1. The first-order valence-electron chi connectivity index (χ1n) is 6.01. The first kappa shape index (κ1) is 14.4. The maximum Gasteiger partial charge on any atom is 0.119 e. The van der Waals surface area contributed by atoms with Crippen LogP contribution < -0.4 is 4.74 Å². The summed E-state index contributed by atoms with van der Waals surface area (Å²) in [6.45, 7) is 2.11. The lowest BCUT2D eigenvalue weighted by atomic mass is 9.94.